The van der Waals surface area contributed by atoms with Crippen LogP contribution in [0.2, 0.25) is 0 Å². The molecule has 0 unspecified atom stereocenters. The third-order valence-corrected chi connectivity index (χ3v) is 6.27. The van der Waals surface area contributed by atoms with E-state index < -0.39 is 5.97 Å². The highest BCUT2D eigenvalue weighted by atomic mass is 16.4. The Kier molecular flexibility index (Phi) is 6.13. The summed E-state index contributed by atoms with van der Waals surface area (Å²) in [6, 6.07) is 16.3. The second-order valence-electron chi connectivity index (χ2n) is 8.50. The maximum Gasteiger partial charge on any atom is 0.341 e. The number of hydrogen-bond acceptors (Lipinski definition) is 6. The molecule has 1 aliphatic heterocycles. The summed E-state index contributed by atoms with van der Waals surface area (Å²) in [5, 5.41) is 29.0. The predicted molar refractivity (Wildman–Crippen MR) is 133 cm³/mol. The number of carbonyl (C=O) groups is 1. The molecule has 0 aliphatic carbocycles. The number of nitrogens with one attached hydrogen (secondary N) is 1. The monoisotopic (exact) mass is 469 g/mol. The standard InChI is InChI=1S/C26H27N7O2/c1-3-7-19-14-15-33-25(23(26(34)35)22(4-2)29-33)32(19)16-17-10-12-18(13-11-17)20-8-5-6-9-21(20)24-27-30-31-28-24/h5-6,8-14H,3-4,7,15-16H2,1-2H3,(H,34,35)(H,27,28,30,31). The molecule has 0 atom stereocenters. The van der Waals surface area contributed by atoms with Crippen LogP contribution in [0.1, 0.15) is 48.3 Å². The number of tetrazole rings is 1. The minimum Gasteiger partial charge on any atom is -0.477 e. The van der Waals surface area contributed by atoms with E-state index in [0.717, 1.165) is 40.8 Å². The van der Waals surface area contributed by atoms with Crippen LogP contribution in [-0.4, -0.2) is 41.5 Å². The Morgan fingerprint density at radius 3 is 2.51 bits per heavy atom. The lowest BCUT2D eigenvalue weighted by molar-refractivity contribution is 0.0696. The SMILES string of the molecule is CCCC1=CCn2nc(CC)c(C(=O)O)c2N1Cc1ccc(-c2ccccc2-c2nn[nH]n2)cc1. The lowest BCUT2D eigenvalue weighted by atomic mass is 9.98. The van der Waals surface area contributed by atoms with Crippen molar-refractivity contribution in [1.29, 1.82) is 0 Å². The summed E-state index contributed by atoms with van der Waals surface area (Å²) in [4.78, 5) is 14.3. The number of nitrogens with zero attached hydrogens (tertiary/aromatic N) is 6. The quantitative estimate of drug-likeness (QED) is 0.385. The predicted octanol–water partition coefficient (Wildman–Crippen LogP) is 4.70. The number of allylic oxidation sites excluding steroid dienone is 2. The van der Waals surface area contributed by atoms with E-state index in [0.29, 0.717) is 42.4 Å². The van der Waals surface area contributed by atoms with Crippen molar-refractivity contribution in [3.63, 3.8) is 0 Å². The number of aryl methyl sites for hydroxylation is 1. The zero-order valence-electron chi connectivity index (χ0n) is 19.8. The third-order valence-electron chi connectivity index (χ3n) is 6.27. The van der Waals surface area contributed by atoms with Gasteiger partial charge in [-0.25, -0.2) is 9.48 Å². The van der Waals surface area contributed by atoms with Gasteiger partial charge in [0.15, 0.2) is 0 Å². The number of aromatic carboxylic acids is 1. The van der Waals surface area contributed by atoms with Crippen molar-refractivity contribution in [2.75, 3.05) is 4.90 Å². The molecule has 35 heavy (non-hydrogen) atoms. The number of fused-ring (bicyclic) bond motifs is 1. The van der Waals surface area contributed by atoms with Crippen LogP contribution < -0.4 is 4.90 Å². The Morgan fingerprint density at radius 2 is 1.86 bits per heavy atom. The molecule has 2 N–H and O–H groups in total. The van der Waals surface area contributed by atoms with Gasteiger partial charge in [0.2, 0.25) is 5.82 Å². The first-order valence-electron chi connectivity index (χ1n) is 11.8. The zero-order valence-corrected chi connectivity index (χ0v) is 19.8. The molecule has 0 radical (unpaired) electrons. The Labute approximate surface area is 203 Å². The van der Waals surface area contributed by atoms with Crippen molar-refractivity contribution in [2.24, 2.45) is 0 Å². The number of H-pyrrole nitrogens is 1. The smallest absolute Gasteiger partial charge is 0.341 e. The number of anilines is 1. The maximum absolute atomic E-state index is 12.2. The molecule has 0 saturated heterocycles. The molecule has 2 aromatic heterocycles. The van der Waals surface area contributed by atoms with Gasteiger partial charge in [-0.05, 0) is 40.8 Å². The average molecular weight is 470 g/mol. The summed E-state index contributed by atoms with van der Waals surface area (Å²) >= 11 is 0. The highest BCUT2D eigenvalue weighted by Crippen LogP contribution is 2.35. The Hall–Kier alpha value is -4.27. The summed E-state index contributed by atoms with van der Waals surface area (Å²) in [5.41, 5.74) is 6.11. The van der Waals surface area contributed by atoms with Crippen LogP contribution in [0.3, 0.4) is 0 Å². The second-order valence-corrected chi connectivity index (χ2v) is 8.50. The number of aromatic amines is 1. The number of aromatic nitrogens is 6. The Morgan fingerprint density at radius 1 is 1.09 bits per heavy atom. The van der Waals surface area contributed by atoms with E-state index in [-0.39, 0.29) is 0 Å². The first-order chi connectivity index (χ1) is 17.1. The molecule has 0 spiro atoms. The van der Waals surface area contributed by atoms with Crippen molar-refractivity contribution >= 4 is 11.8 Å². The lowest BCUT2D eigenvalue weighted by Crippen LogP contribution is -2.30. The molecule has 0 bridgehead atoms. The minimum atomic E-state index is -0.931. The first-order valence-corrected chi connectivity index (χ1v) is 11.8. The maximum atomic E-state index is 12.2. The summed E-state index contributed by atoms with van der Waals surface area (Å²) in [6.07, 6.45) is 4.59. The van der Waals surface area contributed by atoms with Gasteiger partial charge < -0.3 is 10.0 Å². The van der Waals surface area contributed by atoms with E-state index >= 15 is 0 Å². The number of carboxylic acid groups (broad SMARTS) is 1. The zero-order chi connectivity index (χ0) is 24.4. The van der Waals surface area contributed by atoms with Crippen molar-refractivity contribution in [3.8, 4) is 22.5 Å². The molecule has 4 aromatic rings. The fourth-order valence-electron chi connectivity index (χ4n) is 4.66. The molecule has 0 fully saturated rings. The van der Waals surface area contributed by atoms with Gasteiger partial charge in [0.05, 0.1) is 12.2 Å². The Bertz CT molecular complexity index is 1370. The van der Waals surface area contributed by atoms with Gasteiger partial charge in [-0.3, -0.25) is 0 Å². The van der Waals surface area contributed by atoms with E-state index in [9.17, 15) is 9.90 Å². The average Bonchev–Trinajstić information content (AvgIpc) is 3.54. The van der Waals surface area contributed by atoms with Crippen molar-refractivity contribution in [1.82, 2.24) is 30.4 Å². The highest BCUT2D eigenvalue weighted by molar-refractivity contribution is 5.95. The molecule has 9 heteroatoms. The van der Waals surface area contributed by atoms with Gasteiger partial charge in [-0.2, -0.15) is 10.3 Å². The second kappa shape index (κ2) is 9.54. The normalized spacial score (nSPS) is 13.0. The molecule has 0 saturated carbocycles. The van der Waals surface area contributed by atoms with Crippen LogP contribution >= 0.6 is 0 Å². The number of carboxylic acids is 1. The molecule has 2 aromatic carbocycles. The molecule has 9 nitrogen and oxygen atoms in total. The largest absolute Gasteiger partial charge is 0.477 e. The fraction of sp³-hybridized carbons (Fsp3) is 0.269. The van der Waals surface area contributed by atoms with Crippen LogP contribution in [0.25, 0.3) is 22.5 Å². The molecule has 1 aliphatic rings. The summed E-state index contributed by atoms with van der Waals surface area (Å²) in [7, 11) is 0. The molecule has 3 heterocycles. The van der Waals surface area contributed by atoms with Gasteiger partial charge in [0, 0.05) is 17.8 Å². The van der Waals surface area contributed by atoms with Gasteiger partial charge >= 0.3 is 5.97 Å². The van der Waals surface area contributed by atoms with Crippen LogP contribution in [0, 0.1) is 0 Å². The summed E-state index contributed by atoms with van der Waals surface area (Å²) in [6.45, 7) is 5.23. The molecular weight excluding hydrogens is 442 g/mol. The van der Waals surface area contributed by atoms with Gasteiger partial charge in [-0.1, -0.05) is 68.8 Å². The van der Waals surface area contributed by atoms with E-state index in [1.54, 1.807) is 0 Å². The van der Waals surface area contributed by atoms with E-state index in [1.807, 2.05) is 35.9 Å². The lowest BCUT2D eigenvalue weighted by Gasteiger charge is -2.32. The van der Waals surface area contributed by atoms with Crippen molar-refractivity contribution < 1.29 is 9.90 Å². The number of benzene rings is 2. The van der Waals surface area contributed by atoms with Crippen molar-refractivity contribution in [3.05, 3.63) is 77.1 Å². The van der Waals surface area contributed by atoms with Crippen LogP contribution in [0.5, 0.6) is 0 Å². The molecule has 178 valence electrons. The molecule has 5 rings (SSSR count). The van der Waals surface area contributed by atoms with Crippen LogP contribution in [0.4, 0.5) is 5.82 Å². The molecular formula is C26H27N7O2. The van der Waals surface area contributed by atoms with Crippen LogP contribution in [0.15, 0.2) is 60.3 Å². The molecule has 0 amide bonds. The number of rotatable bonds is 8. The number of hydrogen-bond donors (Lipinski definition) is 2. The summed E-state index contributed by atoms with van der Waals surface area (Å²) in [5.74, 6) is 0.291. The van der Waals surface area contributed by atoms with E-state index in [2.05, 4.69) is 67.9 Å². The van der Waals surface area contributed by atoms with E-state index in [4.69, 9.17) is 0 Å². The van der Waals surface area contributed by atoms with E-state index in [1.165, 1.54) is 0 Å². The van der Waals surface area contributed by atoms with Crippen LogP contribution in [-0.2, 0) is 19.5 Å². The van der Waals surface area contributed by atoms with Gasteiger partial charge in [0.25, 0.3) is 0 Å². The fourth-order valence-corrected chi connectivity index (χ4v) is 4.66. The topological polar surface area (TPSA) is 113 Å². The van der Waals surface area contributed by atoms with Gasteiger partial charge in [0.1, 0.15) is 11.4 Å². The van der Waals surface area contributed by atoms with Gasteiger partial charge in [-0.15, -0.1) is 10.2 Å². The summed E-state index contributed by atoms with van der Waals surface area (Å²) < 4.78 is 1.82. The first kappa shape index (κ1) is 22.5. The minimum absolute atomic E-state index is 0.305. The highest BCUT2D eigenvalue weighted by Gasteiger charge is 2.30. The Balaban J connectivity index is 1.49. The van der Waals surface area contributed by atoms with Crippen molar-refractivity contribution in [2.45, 2.75) is 46.2 Å². The third kappa shape index (κ3) is 4.21.